The Hall–Kier alpha value is -2.96. The fourth-order valence-corrected chi connectivity index (χ4v) is 4.20. The maximum absolute atomic E-state index is 13.3. The van der Waals surface area contributed by atoms with Gasteiger partial charge in [0.1, 0.15) is 11.6 Å². The minimum atomic E-state index is -0.778. The van der Waals surface area contributed by atoms with E-state index in [0.717, 1.165) is 4.88 Å². The van der Waals surface area contributed by atoms with E-state index < -0.39 is 23.5 Å². The van der Waals surface area contributed by atoms with Crippen LogP contribution in [0.2, 0.25) is 5.02 Å². The van der Waals surface area contributed by atoms with Crippen molar-refractivity contribution in [3.8, 4) is 0 Å². The van der Waals surface area contributed by atoms with Crippen LogP contribution in [0.5, 0.6) is 0 Å². The number of halogens is 2. The number of ketones is 1. The van der Waals surface area contributed by atoms with Crippen molar-refractivity contribution in [2.45, 2.75) is 12.6 Å². The van der Waals surface area contributed by atoms with E-state index in [9.17, 15) is 19.1 Å². The number of thiophene rings is 1. The van der Waals surface area contributed by atoms with Crippen molar-refractivity contribution < 1.29 is 19.1 Å². The third-order valence-electron chi connectivity index (χ3n) is 4.75. The summed E-state index contributed by atoms with van der Waals surface area (Å²) in [6, 6.07) is 14.9. The third-order valence-corrected chi connectivity index (χ3v) is 5.86. The zero-order valence-corrected chi connectivity index (χ0v) is 16.6. The molecule has 4 nitrogen and oxygen atoms in total. The Kier molecular flexibility index (Phi) is 5.22. The molecule has 0 bridgehead atoms. The van der Waals surface area contributed by atoms with Crippen LogP contribution in [0, 0.1) is 5.82 Å². The fourth-order valence-electron chi connectivity index (χ4n) is 3.37. The molecule has 1 aliphatic rings. The van der Waals surface area contributed by atoms with Crippen LogP contribution in [-0.2, 0) is 16.1 Å². The van der Waals surface area contributed by atoms with Crippen molar-refractivity contribution in [2.24, 2.45) is 0 Å². The monoisotopic (exact) mass is 427 g/mol. The number of aliphatic hydroxyl groups is 1. The molecule has 1 aromatic heterocycles. The van der Waals surface area contributed by atoms with Crippen molar-refractivity contribution in [3.05, 3.63) is 98.5 Å². The van der Waals surface area contributed by atoms with Gasteiger partial charge in [-0.15, -0.1) is 11.3 Å². The molecule has 3 aromatic rings. The molecule has 0 aliphatic carbocycles. The van der Waals surface area contributed by atoms with Gasteiger partial charge in [0.05, 0.1) is 18.2 Å². The normalized spacial score (nSPS) is 18.4. The first kappa shape index (κ1) is 19.4. The summed E-state index contributed by atoms with van der Waals surface area (Å²) in [5.74, 6) is -2.27. The van der Waals surface area contributed by atoms with Crippen LogP contribution in [0.15, 0.2) is 71.6 Å². The number of hydrogen-bond donors (Lipinski definition) is 1. The van der Waals surface area contributed by atoms with Gasteiger partial charge in [-0.05, 0) is 53.4 Å². The first-order chi connectivity index (χ1) is 14.0. The van der Waals surface area contributed by atoms with Crippen molar-refractivity contribution in [1.29, 1.82) is 0 Å². The average molecular weight is 428 g/mol. The van der Waals surface area contributed by atoms with Gasteiger partial charge in [0.25, 0.3) is 11.7 Å². The Morgan fingerprint density at radius 3 is 2.38 bits per heavy atom. The molecule has 1 unspecified atom stereocenters. The van der Waals surface area contributed by atoms with E-state index in [2.05, 4.69) is 0 Å². The summed E-state index contributed by atoms with van der Waals surface area (Å²) < 4.78 is 13.3. The van der Waals surface area contributed by atoms with E-state index in [1.54, 1.807) is 24.3 Å². The molecule has 1 aliphatic heterocycles. The number of Topliss-reactive ketones (excluding diaryl/α,β-unsaturated/α-hetero) is 1. The van der Waals surface area contributed by atoms with Crippen LogP contribution in [-0.4, -0.2) is 21.7 Å². The number of hydrogen-bond acceptors (Lipinski definition) is 4. The second kappa shape index (κ2) is 7.81. The van der Waals surface area contributed by atoms with E-state index in [1.807, 2.05) is 17.5 Å². The molecule has 1 N–H and O–H groups in total. The van der Waals surface area contributed by atoms with Crippen molar-refractivity contribution in [2.75, 3.05) is 0 Å². The second-order valence-corrected chi connectivity index (χ2v) is 8.03. The highest BCUT2D eigenvalue weighted by Gasteiger charge is 2.46. The molecule has 0 spiro atoms. The standard InChI is InChI=1S/C22H15ClFNO3S/c23-15-7-3-13(4-8-15)19-18(20(26)14-5-9-16(24)10-6-14)21(27)22(28)25(19)12-17-2-1-11-29-17/h1-11,19,26H,12H2/b20-18+. The number of carbonyl (C=O) groups is 2. The van der Waals surface area contributed by atoms with Gasteiger partial charge in [-0.3, -0.25) is 9.59 Å². The predicted octanol–water partition coefficient (Wildman–Crippen LogP) is 5.16. The highest BCUT2D eigenvalue weighted by molar-refractivity contribution is 7.09. The predicted molar refractivity (Wildman–Crippen MR) is 110 cm³/mol. The Morgan fingerprint density at radius 1 is 1.07 bits per heavy atom. The van der Waals surface area contributed by atoms with Gasteiger partial charge in [-0.2, -0.15) is 0 Å². The molecule has 1 atom stereocenters. The number of benzene rings is 2. The van der Waals surface area contributed by atoms with Crippen LogP contribution in [0.3, 0.4) is 0 Å². The lowest BCUT2D eigenvalue weighted by Gasteiger charge is -2.25. The molecule has 0 saturated carbocycles. The minimum absolute atomic E-state index is 0.0273. The summed E-state index contributed by atoms with van der Waals surface area (Å²) in [5.41, 5.74) is 0.883. The quantitative estimate of drug-likeness (QED) is 0.355. The zero-order chi connectivity index (χ0) is 20.5. The van der Waals surface area contributed by atoms with Gasteiger partial charge >= 0.3 is 0 Å². The fraction of sp³-hybridized carbons (Fsp3) is 0.0909. The maximum Gasteiger partial charge on any atom is 0.295 e. The molecule has 0 radical (unpaired) electrons. The van der Waals surface area contributed by atoms with Crippen LogP contribution in [0.4, 0.5) is 4.39 Å². The Balaban J connectivity index is 1.86. The lowest BCUT2D eigenvalue weighted by Crippen LogP contribution is -2.28. The number of rotatable bonds is 4. The first-order valence-corrected chi connectivity index (χ1v) is 10.0. The van der Waals surface area contributed by atoms with Gasteiger partial charge in [0.2, 0.25) is 0 Å². The van der Waals surface area contributed by atoms with E-state index >= 15 is 0 Å². The van der Waals surface area contributed by atoms with E-state index in [-0.39, 0.29) is 23.4 Å². The molecule has 2 heterocycles. The minimum Gasteiger partial charge on any atom is -0.507 e. The molecular weight excluding hydrogens is 413 g/mol. The highest BCUT2D eigenvalue weighted by atomic mass is 35.5. The van der Waals surface area contributed by atoms with E-state index in [0.29, 0.717) is 10.6 Å². The summed E-state index contributed by atoms with van der Waals surface area (Å²) in [5, 5.41) is 13.3. The van der Waals surface area contributed by atoms with Gasteiger partial charge in [0.15, 0.2) is 0 Å². The molecule has 4 rings (SSSR count). The Bertz CT molecular complexity index is 1090. The molecule has 146 valence electrons. The Morgan fingerprint density at radius 2 is 1.76 bits per heavy atom. The SMILES string of the molecule is O=C1C(=O)N(Cc2cccs2)C(c2ccc(Cl)cc2)/C1=C(\O)c1ccc(F)cc1. The third kappa shape index (κ3) is 3.69. The van der Waals surface area contributed by atoms with Crippen molar-refractivity contribution in [1.82, 2.24) is 4.90 Å². The summed E-state index contributed by atoms with van der Waals surface area (Å²) in [6.45, 7) is 0.232. The van der Waals surface area contributed by atoms with Crippen molar-refractivity contribution >= 4 is 40.4 Å². The van der Waals surface area contributed by atoms with Crippen LogP contribution >= 0.6 is 22.9 Å². The Labute approximate surface area is 175 Å². The number of carbonyl (C=O) groups excluding carboxylic acids is 2. The van der Waals surface area contributed by atoms with Gasteiger partial charge in [-0.25, -0.2) is 4.39 Å². The highest BCUT2D eigenvalue weighted by Crippen LogP contribution is 2.40. The van der Waals surface area contributed by atoms with Gasteiger partial charge in [0, 0.05) is 15.5 Å². The lowest BCUT2D eigenvalue weighted by atomic mass is 9.95. The number of amides is 1. The first-order valence-electron chi connectivity index (χ1n) is 8.78. The summed E-state index contributed by atoms with van der Waals surface area (Å²) in [4.78, 5) is 28.0. The molecule has 1 amide bonds. The summed E-state index contributed by atoms with van der Waals surface area (Å²) >= 11 is 7.47. The maximum atomic E-state index is 13.3. The second-order valence-electron chi connectivity index (χ2n) is 6.56. The molecule has 29 heavy (non-hydrogen) atoms. The summed E-state index contributed by atoms with van der Waals surface area (Å²) in [7, 11) is 0. The number of nitrogens with zero attached hydrogens (tertiary/aromatic N) is 1. The van der Waals surface area contributed by atoms with Crippen LogP contribution in [0.25, 0.3) is 5.76 Å². The molecule has 1 fully saturated rings. The van der Waals surface area contributed by atoms with Gasteiger partial charge < -0.3 is 10.0 Å². The summed E-state index contributed by atoms with van der Waals surface area (Å²) in [6.07, 6.45) is 0. The van der Waals surface area contributed by atoms with E-state index in [1.165, 1.54) is 40.5 Å². The smallest absolute Gasteiger partial charge is 0.295 e. The van der Waals surface area contributed by atoms with Gasteiger partial charge in [-0.1, -0.05) is 29.8 Å². The largest absolute Gasteiger partial charge is 0.507 e. The van der Waals surface area contributed by atoms with Crippen LogP contribution < -0.4 is 0 Å². The zero-order valence-electron chi connectivity index (χ0n) is 15.0. The topological polar surface area (TPSA) is 57.6 Å². The number of aliphatic hydroxyl groups excluding tert-OH is 1. The molecule has 1 saturated heterocycles. The molecule has 2 aromatic carbocycles. The van der Waals surface area contributed by atoms with Crippen LogP contribution in [0.1, 0.15) is 22.0 Å². The van der Waals surface area contributed by atoms with Crippen molar-refractivity contribution in [3.63, 3.8) is 0 Å². The average Bonchev–Trinajstić information content (AvgIpc) is 3.31. The molecular formula is C22H15ClFNO3S. The van der Waals surface area contributed by atoms with E-state index in [4.69, 9.17) is 11.6 Å². The lowest BCUT2D eigenvalue weighted by molar-refractivity contribution is -0.140. The molecule has 7 heteroatoms. The number of likely N-dealkylation sites (tertiary alicyclic amines) is 1.